The van der Waals surface area contributed by atoms with Crippen molar-refractivity contribution in [3.05, 3.63) is 65.7 Å². The molecule has 0 spiro atoms. The number of rotatable bonds is 5. The molecule has 2 N–H and O–H groups in total. The van der Waals surface area contributed by atoms with Crippen molar-refractivity contribution in [3.63, 3.8) is 0 Å². The molecule has 24 heavy (non-hydrogen) atoms. The van der Waals surface area contributed by atoms with Crippen LogP contribution in [0, 0.1) is 0 Å². The van der Waals surface area contributed by atoms with E-state index in [2.05, 4.69) is 77.1 Å². The molecule has 3 rings (SSSR count). The Hall–Kier alpha value is -1.26. The summed E-state index contributed by atoms with van der Waals surface area (Å²) in [5.41, 5.74) is 3.88. The largest absolute Gasteiger partial charge is 0.381 e. The zero-order valence-electron chi connectivity index (χ0n) is 14.1. The maximum absolute atomic E-state index is 3.48. The van der Waals surface area contributed by atoms with Crippen LogP contribution in [0.15, 0.2) is 54.6 Å². The van der Waals surface area contributed by atoms with Gasteiger partial charge in [0, 0.05) is 44.5 Å². The van der Waals surface area contributed by atoms with Gasteiger partial charge in [0.2, 0.25) is 0 Å². The van der Waals surface area contributed by atoms with Crippen LogP contribution in [0.4, 0.5) is 5.69 Å². The van der Waals surface area contributed by atoms with E-state index < -0.39 is 0 Å². The van der Waals surface area contributed by atoms with Crippen LogP contribution in [0.3, 0.4) is 0 Å². The van der Waals surface area contributed by atoms with Gasteiger partial charge in [-0.3, -0.25) is 4.90 Å². The van der Waals surface area contributed by atoms with Gasteiger partial charge in [-0.2, -0.15) is 0 Å². The summed E-state index contributed by atoms with van der Waals surface area (Å²) in [4.78, 5) is 2.54. The highest BCUT2D eigenvalue weighted by atomic mass is 35.5. The van der Waals surface area contributed by atoms with Crippen molar-refractivity contribution >= 4 is 30.5 Å². The van der Waals surface area contributed by atoms with E-state index >= 15 is 0 Å². The molecule has 2 aromatic rings. The average Bonchev–Trinajstić information content (AvgIpc) is 2.61. The molecular weight excluding hydrogens is 341 g/mol. The smallest absolute Gasteiger partial charge is 0.0400 e. The highest BCUT2D eigenvalue weighted by Crippen LogP contribution is 2.22. The Labute approximate surface area is 157 Å². The lowest BCUT2D eigenvalue weighted by molar-refractivity contribution is 0.185. The summed E-state index contributed by atoms with van der Waals surface area (Å²) in [6.07, 6.45) is 0. The molecule has 0 unspecified atom stereocenters. The number of halogens is 2. The Bertz CT molecular complexity index is 569. The highest BCUT2D eigenvalue weighted by molar-refractivity contribution is 5.85. The van der Waals surface area contributed by atoms with Gasteiger partial charge in [-0.1, -0.05) is 42.5 Å². The number of benzene rings is 2. The second-order valence-electron chi connectivity index (χ2n) is 5.92. The van der Waals surface area contributed by atoms with E-state index in [0.717, 1.165) is 32.7 Å². The fraction of sp³-hybridized carbons (Fsp3) is 0.368. The second-order valence-corrected chi connectivity index (χ2v) is 5.92. The molecule has 0 saturated carbocycles. The molecule has 2 aromatic carbocycles. The maximum atomic E-state index is 3.48. The topological polar surface area (TPSA) is 27.3 Å². The van der Waals surface area contributed by atoms with Crippen LogP contribution < -0.4 is 10.6 Å². The third-order valence-electron chi connectivity index (χ3n) is 4.43. The van der Waals surface area contributed by atoms with E-state index in [1.54, 1.807) is 0 Å². The molecule has 1 heterocycles. The summed E-state index contributed by atoms with van der Waals surface area (Å²) in [7, 11) is 0. The molecule has 0 aromatic heterocycles. The Morgan fingerprint density at radius 2 is 1.58 bits per heavy atom. The molecule has 1 aliphatic heterocycles. The van der Waals surface area contributed by atoms with Crippen molar-refractivity contribution in [1.29, 1.82) is 0 Å². The third kappa shape index (κ3) is 5.67. The van der Waals surface area contributed by atoms with Crippen LogP contribution in [0.5, 0.6) is 0 Å². The maximum Gasteiger partial charge on any atom is 0.0400 e. The molecule has 0 radical (unpaired) electrons. The standard InChI is InChI=1S/C19H25N3.2ClH/c1-16(22-13-11-20-12-14-22)18-7-9-19(10-8-18)21-15-17-5-3-2-4-6-17;;/h2-10,16,20-21H,11-15H2,1H3;2*1H/t16-;;/m0../s1. The van der Waals surface area contributed by atoms with Gasteiger partial charge in [0.25, 0.3) is 0 Å². The predicted octanol–water partition coefficient (Wildman–Crippen LogP) is 4.11. The van der Waals surface area contributed by atoms with Gasteiger partial charge in [0.15, 0.2) is 0 Å². The molecule has 1 atom stereocenters. The van der Waals surface area contributed by atoms with Crippen LogP contribution in [0.2, 0.25) is 0 Å². The SMILES string of the molecule is C[C@@H](c1ccc(NCc2ccccc2)cc1)N1CCNCC1.Cl.Cl. The minimum Gasteiger partial charge on any atom is -0.381 e. The molecule has 3 nitrogen and oxygen atoms in total. The lowest BCUT2D eigenvalue weighted by atomic mass is 10.1. The molecule has 0 amide bonds. The molecule has 0 bridgehead atoms. The van der Waals surface area contributed by atoms with Gasteiger partial charge in [0.1, 0.15) is 0 Å². The second kappa shape index (κ2) is 10.6. The summed E-state index contributed by atoms with van der Waals surface area (Å²) >= 11 is 0. The van der Waals surface area contributed by atoms with Gasteiger partial charge in [-0.25, -0.2) is 0 Å². The zero-order valence-corrected chi connectivity index (χ0v) is 15.7. The van der Waals surface area contributed by atoms with E-state index in [1.165, 1.54) is 16.8 Å². The zero-order chi connectivity index (χ0) is 15.2. The number of hydrogen-bond acceptors (Lipinski definition) is 3. The fourth-order valence-corrected chi connectivity index (χ4v) is 2.96. The van der Waals surface area contributed by atoms with Crippen LogP contribution in [0.1, 0.15) is 24.1 Å². The quantitative estimate of drug-likeness (QED) is 0.832. The Morgan fingerprint density at radius 3 is 2.21 bits per heavy atom. The van der Waals surface area contributed by atoms with Crippen molar-refractivity contribution in [1.82, 2.24) is 10.2 Å². The number of hydrogen-bond donors (Lipinski definition) is 2. The van der Waals surface area contributed by atoms with E-state index in [9.17, 15) is 0 Å². The van der Waals surface area contributed by atoms with Crippen molar-refractivity contribution in [3.8, 4) is 0 Å². The van der Waals surface area contributed by atoms with Crippen LogP contribution in [-0.4, -0.2) is 31.1 Å². The Morgan fingerprint density at radius 1 is 0.958 bits per heavy atom. The molecule has 132 valence electrons. The first-order chi connectivity index (χ1) is 10.8. The third-order valence-corrected chi connectivity index (χ3v) is 4.43. The minimum absolute atomic E-state index is 0. The van der Waals surface area contributed by atoms with E-state index in [-0.39, 0.29) is 24.8 Å². The van der Waals surface area contributed by atoms with Crippen LogP contribution in [0.25, 0.3) is 0 Å². The van der Waals surface area contributed by atoms with Crippen molar-refractivity contribution in [2.24, 2.45) is 0 Å². The van der Waals surface area contributed by atoms with Gasteiger partial charge in [0.05, 0.1) is 0 Å². The first-order valence-corrected chi connectivity index (χ1v) is 8.15. The van der Waals surface area contributed by atoms with Crippen molar-refractivity contribution < 1.29 is 0 Å². The Kier molecular flexibility index (Phi) is 9.16. The van der Waals surface area contributed by atoms with Gasteiger partial charge in [-0.05, 0) is 30.2 Å². The molecule has 5 heteroatoms. The number of anilines is 1. The first kappa shape index (κ1) is 20.8. The summed E-state index contributed by atoms with van der Waals surface area (Å²) < 4.78 is 0. The molecule has 1 aliphatic rings. The lowest BCUT2D eigenvalue weighted by Gasteiger charge is -2.33. The van der Waals surface area contributed by atoms with E-state index in [0.29, 0.717) is 6.04 Å². The summed E-state index contributed by atoms with van der Waals surface area (Å²) in [6.45, 7) is 7.64. The number of nitrogens with one attached hydrogen (secondary N) is 2. The average molecular weight is 368 g/mol. The predicted molar refractivity (Wildman–Crippen MR) is 108 cm³/mol. The molecular formula is C19H27Cl2N3. The van der Waals surface area contributed by atoms with Gasteiger partial charge in [-0.15, -0.1) is 24.8 Å². The van der Waals surface area contributed by atoms with E-state index in [1.807, 2.05) is 0 Å². The summed E-state index contributed by atoms with van der Waals surface area (Å²) in [5, 5.41) is 6.89. The normalized spacial score (nSPS) is 15.7. The Balaban J connectivity index is 0.00000144. The molecule has 0 aliphatic carbocycles. The minimum atomic E-state index is 0. The summed E-state index contributed by atoms with van der Waals surface area (Å²) in [5.74, 6) is 0. The van der Waals surface area contributed by atoms with Crippen molar-refractivity contribution in [2.45, 2.75) is 19.5 Å². The fourth-order valence-electron chi connectivity index (χ4n) is 2.96. The molecule has 1 saturated heterocycles. The monoisotopic (exact) mass is 367 g/mol. The van der Waals surface area contributed by atoms with Crippen LogP contribution >= 0.6 is 24.8 Å². The first-order valence-electron chi connectivity index (χ1n) is 8.15. The highest BCUT2D eigenvalue weighted by Gasteiger charge is 2.17. The summed E-state index contributed by atoms with van der Waals surface area (Å²) in [6, 6.07) is 19.9. The van der Waals surface area contributed by atoms with Gasteiger partial charge < -0.3 is 10.6 Å². The lowest BCUT2D eigenvalue weighted by Crippen LogP contribution is -2.44. The van der Waals surface area contributed by atoms with Gasteiger partial charge >= 0.3 is 0 Å². The number of piperazine rings is 1. The van der Waals surface area contributed by atoms with Crippen LogP contribution in [-0.2, 0) is 6.54 Å². The molecule has 1 fully saturated rings. The van der Waals surface area contributed by atoms with E-state index in [4.69, 9.17) is 0 Å². The number of nitrogens with zero attached hydrogens (tertiary/aromatic N) is 1. The van der Waals surface area contributed by atoms with Crippen molar-refractivity contribution in [2.75, 3.05) is 31.5 Å².